The van der Waals surface area contributed by atoms with Crippen LogP contribution in [-0.2, 0) is 4.74 Å². The van der Waals surface area contributed by atoms with Crippen molar-refractivity contribution in [2.24, 2.45) is 0 Å². The normalized spacial score (nSPS) is 10.0. The van der Waals surface area contributed by atoms with Gasteiger partial charge in [0.15, 0.2) is 18.1 Å². The number of ketones is 1. The van der Waals surface area contributed by atoms with Crippen LogP contribution in [0.3, 0.4) is 0 Å². The molecule has 0 aliphatic carbocycles. The van der Waals surface area contributed by atoms with E-state index in [2.05, 4.69) is 0 Å². The number of hydrogen-bond acceptors (Lipinski definition) is 6. The molecule has 0 aliphatic heterocycles. The monoisotopic (exact) mass is 316 g/mol. The van der Waals surface area contributed by atoms with Crippen LogP contribution in [-0.4, -0.2) is 37.7 Å². The van der Waals surface area contributed by atoms with Crippen LogP contribution in [0.2, 0.25) is 0 Å². The third-order valence-corrected chi connectivity index (χ3v) is 3.15. The Hall–Kier alpha value is -3.02. The molecule has 2 aromatic rings. The highest BCUT2D eigenvalue weighted by Gasteiger charge is 2.17. The van der Waals surface area contributed by atoms with E-state index in [9.17, 15) is 14.7 Å². The zero-order chi connectivity index (χ0) is 16.8. The Morgan fingerprint density at radius 3 is 2.04 bits per heavy atom. The van der Waals surface area contributed by atoms with Crippen LogP contribution >= 0.6 is 0 Å². The van der Waals surface area contributed by atoms with Crippen LogP contribution in [0.4, 0.5) is 0 Å². The van der Waals surface area contributed by atoms with Gasteiger partial charge in [-0.3, -0.25) is 4.79 Å². The number of phenolic OH excluding ortho intramolecular Hbond substituents is 1. The molecule has 0 aromatic heterocycles. The first-order chi connectivity index (χ1) is 11.1. The Bertz CT molecular complexity index is 683. The van der Waals surface area contributed by atoms with Gasteiger partial charge >= 0.3 is 5.97 Å². The zero-order valence-electron chi connectivity index (χ0n) is 12.7. The molecular formula is C17H16O6. The first kappa shape index (κ1) is 16.4. The van der Waals surface area contributed by atoms with E-state index < -0.39 is 18.4 Å². The smallest absolute Gasteiger partial charge is 0.338 e. The van der Waals surface area contributed by atoms with Gasteiger partial charge in [0.25, 0.3) is 0 Å². The quantitative estimate of drug-likeness (QED) is 0.651. The number of carbonyl (C=O) groups excluding carboxylic acids is 2. The third kappa shape index (κ3) is 3.79. The molecule has 0 spiro atoms. The second-order valence-corrected chi connectivity index (χ2v) is 4.59. The van der Waals surface area contributed by atoms with Crippen molar-refractivity contribution in [2.75, 3.05) is 20.8 Å². The first-order valence-electron chi connectivity index (χ1n) is 6.77. The summed E-state index contributed by atoms with van der Waals surface area (Å²) >= 11 is 0. The fourth-order valence-corrected chi connectivity index (χ4v) is 1.93. The summed E-state index contributed by atoms with van der Waals surface area (Å²) in [4.78, 5) is 24.0. The largest absolute Gasteiger partial charge is 0.502 e. The molecule has 0 aliphatic rings. The number of Topliss-reactive ketones (excluding diaryl/α,β-unsaturated/α-hetero) is 1. The average Bonchev–Trinajstić information content (AvgIpc) is 2.60. The molecule has 0 amide bonds. The average molecular weight is 316 g/mol. The van der Waals surface area contributed by atoms with Gasteiger partial charge in [0.05, 0.1) is 19.8 Å². The van der Waals surface area contributed by atoms with E-state index in [1.165, 1.54) is 26.4 Å². The molecule has 0 heterocycles. The third-order valence-electron chi connectivity index (χ3n) is 3.15. The molecule has 120 valence electrons. The lowest BCUT2D eigenvalue weighted by molar-refractivity contribution is 0.0474. The second-order valence-electron chi connectivity index (χ2n) is 4.59. The van der Waals surface area contributed by atoms with Gasteiger partial charge in [-0.15, -0.1) is 0 Å². The van der Waals surface area contributed by atoms with Crippen LogP contribution < -0.4 is 9.47 Å². The Balaban J connectivity index is 2.10. The Morgan fingerprint density at radius 2 is 1.52 bits per heavy atom. The summed E-state index contributed by atoms with van der Waals surface area (Å²) in [7, 11) is 2.72. The minimum atomic E-state index is -0.586. The minimum Gasteiger partial charge on any atom is -0.502 e. The first-order valence-corrected chi connectivity index (χ1v) is 6.77. The maximum Gasteiger partial charge on any atom is 0.338 e. The van der Waals surface area contributed by atoms with Crippen LogP contribution in [0.25, 0.3) is 0 Å². The van der Waals surface area contributed by atoms with Gasteiger partial charge in [0.1, 0.15) is 0 Å². The van der Waals surface area contributed by atoms with Crippen molar-refractivity contribution in [3.8, 4) is 17.2 Å². The van der Waals surface area contributed by atoms with E-state index in [4.69, 9.17) is 14.2 Å². The van der Waals surface area contributed by atoms with Crippen molar-refractivity contribution in [3.05, 3.63) is 53.6 Å². The number of phenols is 1. The number of methoxy groups -OCH3 is 2. The van der Waals surface area contributed by atoms with Crippen LogP contribution in [0, 0.1) is 0 Å². The fraction of sp³-hybridized carbons (Fsp3) is 0.176. The van der Waals surface area contributed by atoms with Gasteiger partial charge in [-0.2, -0.15) is 0 Å². The summed E-state index contributed by atoms with van der Waals surface area (Å²) in [6.45, 7) is -0.426. The van der Waals surface area contributed by atoms with E-state index >= 15 is 0 Å². The van der Waals surface area contributed by atoms with Gasteiger partial charge < -0.3 is 19.3 Å². The molecule has 0 fully saturated rings. The second kappa shape index (κ2) is 7.31. The SMILES string of the molecule is COc1cc(C(=O)COC(=O)c2ccccc2)cc(OC)c1O. The van der Waals surface area contributed by atoms with Crippen molar-refractivity contribution in [3.63, 3.8) is 0 Å². The molecule has 6 heteroatoms. The lowest BCUT2D eigenvalue weighted by Gasteiger charge is -2.11. The number of carbonyl (C=O) groups is 2. The molecule has 0 atom stereocenters. The van der Waals surface area contributed by atoms with E-state index in [1.54, 1.807) is 30.3 Å². The number of ether oxygens (including phenoxy) is 3. The Labute approximate surface area is 133 Å². The Kier molecular flexibility index (Phi) is 5.19. The van der Waals surface area contributed by atoms with Crippen molar-refractivity contribution in [2.45, 2.75) is 0 Å². The predicted molar refractivity (Wildman–Crippen MR) is 82.3 cm³/mol. The standard InChI is InChI=1S/C17H16O6/c1-21-14-8-12(9-15(22-2)16(14)19)13(18)10-23-17(20)11-6-4-3-5-7-11/h3-9,19H,10H2,1-2H3. The highest BCUT2D eigenvalue weighted by molar-refractivity contribution is 6.00. The molecular weight excluding hydrogens is 300 g/mol. The number of rotatable bonds is 6. The summed E-state index contributed by atoms with van der Waals surface area (Å²) in [5.41, 5.74) is 0.568. The number of esters is 1. The van der Waals surface area contributed by atoms with Crippen molar-refractivity contribution < 1.29 is 28.9 Å². The maximum absolute atomic E-state index is 12.2. The number of benzene rings is 2. The minimum absolute atomic E-state index is 0.0992. The molecule has 23 heavy (non-hydrogen) atoms. The summed E-state index contributed by atoms with van der Waals surface area (Å²) in [5.74, 6) is -1.03. The van der Waals surface area contributed by atoms with Crippen molar-refractivity contribution in [1.82, 2.24) is 0 Å². The molecule has 6 nitrogen and oxygen atoms in total. The lowest BCUT2D eigenvalue weighted by Crippen LogP contribution is -2.14. The summed E-state index contributed by atoms with van der Waals surface area (Å²) < 4.78 is 15.0. The molecule has 0 saturated heterocycles. The van der Waals surface area contributed by atoms with Crippen molar-refractivity contribution >= 4 is 11.8 Å². The molecule has 0 radical (unpaired) electrons. The van der Waals surface area contributed by atoms with E-state index in [0.29, 0.717) is 5.56 Å². The van der Waals surface area contributed by atoms with E-state index in [1.807, 2.05) is 0 Å². The molecule has 2 aromatic carbocycles. The number of hydrogen-bond donors (Lipinski definition) is 1. The summed E-state index contributed by atoms with van der Waals surface area (Å²) in [6.07, 6.45) is 0. The highest BCUT2D eigenvalue weighted by atomic mass is 16.5. The molecule has 1 N–H and O–H groups in total. The zero-order valence-corrected chi connectivity index (χ0v) is 12.7. The molecule has 2 rings (SSSR count). The Morgan fingerprint density at radius 1 is 0.957 bits per heavy atom. The lowest BCUT2D eigenvalue weighted by atomic mass is 10.1. The van der Waals surface area contributed by atoms with Crippen LogP contribution in [0.1, 0.15) is 20.7 Å². The molecule has 0 unspecified atom stereocenters. The highest BCUT2D eigenvalue weighted by Crippen LogP contribution is 2.37. The predicted octanol–water partition coefficient (Wildman–Crippen LogP) is 2.45. The van der Waals surface area contributed by atoms with Gasteiger partial charge in [0.2, 0.25) is 11.5 Å². The van der Waals surface area contributed by atoms with Crippen molar-refractivity contribution in [1.29, 1.82) is 0 Å². The fourth-order valence-electron chi connectivity index (χ4n) is 1.93. The summed E-state index contributed by atoms with van der Waals surface area (Å²) in [6, 6.07) is 11.1. The topological polar surface area (TPSA) is 82.1 Å². The van der Waals surface area contributed by atoms with Gasteiger partial charge in [0, 0.05) is 5.56 Å². The van der Waals surface area contributed by atoms with Crippen LogP contribution in [0.15, 0.2) is 42.5 Å². The molecule has 0 saturated carbocycles. The molecule has 0 bridgehead atoms. The van der Waals surface area contributed by atoms with Gasteiger partial charge in [-0.25, -0.2) is 4.79 Å². The summed E-state index contributed by atoms with van der Waals surface area (Å²) in [5, 5.41) is 9.82. The van der Waals surface area contributed by atoms with Gasteiger partial charge in [-0.05, 0) is 24.3 Å². The number of aromatic hydroxyl groups is 1. The van der Waals surface area contributed by atoms with E-state index in [-0.39, 0.29) is 22.8 Å². The maximum atomic E-state index is 12.2. The van der Waals surface area contributed by atoms with Gasteiger partial charge in [-0.1, -0.05) is 18.2 Å². The van der Waals surface area contributed by atoms with E-state index in [0.717, 1.165) is 0 Å². The van der Waals surface area contributed by atoms with Crippen LogP contribution in [0.5, 0.6) is 17.2 Å².